The van der Waals surface area contributed by atoms with Crippen LogP contribution < -0.4 is 10.2 Å². The van der Waals surface area contributed by atoms with Gasteiger partial charge in [0.1, 0.15) is 6.04 Å². The van der Waals surface area contributed by atoms with Crippen molar-refractivity contribution in [2.75, 3.05) is 23.3 Å². The number of carboxylic acid groups (broad SMARTS) is 1. The number of rotatable bonds is 6. The Kier molecular flexibility index (Phi) is 5.27. The summed E-state index contributed by atoms with van der Waals surface area (Å²) in [6.07, 6.45) is 5.35. The first kappa shape index (κ1) is 14.7. The molecule has 4 heteroatoms. The average Bonchev–Trinajstić information content (AvgIpc) is 2.48. The van der Waals surface area contributed by atoms with Crippen LogP contribution in [0.25, 0.3) is 0 Å². The molecule has 20 heavy (non-hydrogen) atoms. The van der Waals surface area contributed by atoms with Gasteiger partial charge in [0.15, 0.2) is 0 Å². The van der Waals surface area contributed by atoms with Crippen molar-refractivity contribution in [3.05, 3.63) is 24.3 Å². The summed E-state index contributed by atoms with van der Waals surface area (Å²) >= 11 is 0. The number of hydrogen-bond donors (Lipinski definition) is 2. The summed E-state index contributed by atoms with van der Waals surface area (Å²) in [5.74, 6) is -0.785. The normalized spacial score (nSPS) is 16.8. The number of piperidine rings is 1. The summed E-state index contributed by atoms with van der Waals surface area (Å²) in [7, 11) is 0. The SMILES string of the molecule is CCCC(Nc1ccc(N2CCCCC2)cc1)C(=O)O. The van der Waals surface area contributed by atoms with Crippen LogP contribution >= 0.6 is 0 Å². The Labute approximate surface area is 120 Å². The second-order valence-electron chi connectivity index (χ2n) is 5.42. The zero-order valence-electron chi connectivity index (χ0n) is 12.1. The molecule has 0 amide bonds. The lowest BCUT2D eigenvalue weighted by atomic mass is 10.1. The first-order valence-electron chi connectivity index (χ1n) is 7.55. The number of carboxylic acids is 1. The molecule has 1 unspecified atom stereocenters. The Morgan fingerprint density at radius 3 is 2.45 bits per heavy atom. The van der Waals surface area contributed by atoms with Gasteiger partial charge in [-0.1, -0.05) is 13.3 Å². The van der Waals surface area contributed by atoms with Crippen molar-refractivity contribution < 1.29 is 9.90 Å². The molecule has 1 aromatic carbocycles. The molecule has 0 aliphatic carbocycles. The zero-order valence-corrected chi connectivity index (χ0v) is 12.1. The standard InChI is InChI=1S/C16H24N2O2/c1-2-6-15(16(19)20)17-13-7-9-14(10-8-13)18-11-4-3-5-12-18/h7-10,15,17H,2-6,11-12H2,1H3,(H,19,20). The van der Waals surface area contributed by atoms with E-state index in [1.54, 1.807) is 0 Å². The topological polar surface area (TPSA) is 52.6 Å². The predicted octanol–water partition coefficient (Wildman–Crippen LogP) is 3.34. The van der Waals surface area contributed by atoms with Crippen molar-refractivity contribution in [1.82, 2.24) is 0 Å². The maximum Gasteiger partial charge on any atom is 0.326 e. The molecule has 4 nitrogen and oxygen atoms in total. The molecular formula is C16H24N2O2. The van der Waals surface area contributed by atoms with Gasteiger partial charge in [-0.2, -0.15) is 0 Å². The van der Waals surface area contributed by atoms with Gasteiger partial charge in [-0.05, 0) is 49.9 Å². The highest BCUT2D eigenvalue weighted by molar-refractivity contribution is 5.77. The third-order valence-electron chi connectivity index (χ3n) is 3.80. The van der Waals surface area contributed by atoms with E-state index in [1.807, 2.05) is 19.1 Å². The minimum atomic E-state index is -0.785. The summed E-state index contributed by atoms with van der Waals surface area (Å²) in [5, 5.41) is 12.2. The van der Waals surface area contributed by atoms with E-state index in [-0.39, 0.29) is 0 Å². The molecule has 1 fully saturated rings. The van der Waals surface area contributed by atoms with E-state index in [1.165, 1.54) is 24.9 Å². The summed E-state index contributed by atoms with van der Waals surface area (Å²) in [4.78, 5) is 13.5. The fourth-order valence-corrected chi connectivity index (χ4v) is 2.67. The maximum atomic E-state index is 11.1. The van der Waals surface area contributed by atoms with Crippen LogP contribution in [0.4, 0.5) is 11.4 Å². The van der Waals surface area contributed by atoms with Crippen LogP contribution in [-0.4, -0.2) is 30.2 Å². The molecule has 0 aromatic heterocycles. The van der Waals surface area contributed by atoms with Crippen molar-refractivity contribution >= 4 is 17.3 Å². The van der Waals surface area contributed by atoms with Crippen LogP contribution in [0.3, 0.4) is 0 Å². The van der Waals surface area contributed by atoms with E-state index in [0.717, 1.165) is 25.2 Å². The smallest absolute Gasteiger partial charge is 0.326 e. The van der Waals surface area contributed by atoms with E-state index in [2.05, 4.69) is 22.3 Å². The Bertz CT molecular complexity index is 425. The number of nitrogens with one attached hydrogen (secondary N) is 1. The lowest BCUT2D eigenvalue weighted by molar-refractivity contribution is -0.138. The number of hydrogen-bond acceptors (Lipinski definition) is 3. The molecule has 0 spiro atoms. The molecule has 1 saturated heterocycles. The van der Waals surface area contributed by atoms with Gasteiger partial charge in [0.05, 0.1) is 0 Å². The van der Waals surface area contributed by atoms with Gasteiger partial charge in [-0.15, -0.1) is 0 Å². The van der Waals surface area contributed by atoms with E-state index in [0.29, 0.717) is 6.42 Å². The summed E-state index contributed by atoms with van der Waals surface area (Å²) in [5.41, 5.74) is 2.12. The quantitative estimate of drug-likeness (QED) is 0.836. The lowest BCUT2D eigenvalue weighted by Gasteiger charge is -2.29. The van der Waals surface area contributed by atoms with Crippen molar-refractivity contribution in [2.24, 2.45) is 0 Å². The van der Waals surface area contributed by atoms with Gasteiger partial charge >= 0.3 is 5.97 Å². The number of aliphatic carboxylic acids is 1. The van der Waals surface area contributed by atoms with Crippen molar-refractivity contribution in [3.63, 3.8) is 0 Å². The first-order valence-corrected chi connectivity index (χ1v) is 7.55. The fraction of sp³-hybridized carbons (Fsp3) is 0.562. The second kappa shape index (κ2) is 7.17. The molecule has 2 rings (SSSR count). The first-order chi connectivity index (χ1) is 9.70. The molecule has 1 atom stereocenters. The zero-order chi connectivity index (χ0) is 14.4. The summed E-state index contributed by atoms with van der Waals surface area (Å²) < 4.78 is 0. The van der Waals surface area contributed by atoms with Gasteiger partial charge in [0, 0.05) is 24.5 Å². The van der Waals surface area contributed by atoms with Crippen molar-refractivity contribution in [1.29, 1.82) is 0 Å². The number of carbonyl (C=O) groups is 1. The molecule has 0 bridgehead atoms. The molecular weight excluding hydrogens is 252 g/mol. The van der Waals surface area contributed by atoms with E-state index < -0.39 is 12.0 Å². The molecule has 2 N–H and O–H groups in total. The largest absolute Gasteiger partial charge is 0.480 e. The Hall–Kier alpha value is -1.71. The van der Waals surface area contributed by atoms with Gasteiger partial charge in [0.2, 0.25) is 0 Å². The number of anilines is 2. The molecule has 110 valence electrons. The number of benzene rings is 1. The van der Waals surface area contributed by atoms with Crippen LogP contribution in [0.5, 0.6) is 0 Å². The van der Waals surface area contributed by atoms with Crippen LogP contribution in [-0.2, 0) is 4.79 Å². The highest BCUT2D eigenvalue weighted by Crippen LogP contribution is 2.22. The van der Waals surface area contributed by atoms with Gasteiger partial charge in [0.25, 0.3) is 0 Å². The second-order valence-corrected chi connectivity index (χ2v) is 5.42. The van der Waals surface area contributed by atoms with Crippen LogP contribution in [0.2, 0.25) is 0 Å². The monoisotopic (exact) mass is 276 g/mol. The predicted molar refractivity (Wildman–Crippen MR) is 82.5 cm³/mol. The molecule has 1 aliphatic rings. The molecule has 1 heterocycles. The van der Waals surface area contributed by atoms with Crippen molar-refractivity contribution in [2.45, 2.75) is 45.1 Å². The Morgan fingerprint density at radius 1 is 1.25 bits per heavy atom. The minimum Gasteiger partial charge on any atom is -0.480 e. The molecule has 1 aromatic rings. The summed E-state index contributed by atoms with van der Waals surface area (Å²) in [6, 6.07) is 7.63. The van der Waals surface area contributed by atoms with Crippen molar-refractivity contribution in [3.8, 4) is 0 Å². The molecule has 1 aliphatic heterocycles. The average molecular weight is 276 g/mol. The van der Waals surface area contributed by atoms with E-state index >= 15 is 0 Å². The Balaban J connectivity index is 1.98. The van der Waals surface area contributed by atoms with Gasteiger partial charge in [-0.25, -0.2) is 4.79 Å². The lowest BCUT2D eigenvalue weighted by Crippen LogP contribution is -2.30. The van der Waals surface area contributed by atoms with Gasteiger partial charge < -0.3 is 15.3 Å². The van der Waals surface area contributed by atoms with E-state index in [9.17, 15) is 4.79 Å². The summed E-state index contributed by atoms with van der Waals surface area (Å²) in [6.45, 7) is 4.25. The fourth-order valence-electron chi connectivity index (χ4n) is 2.67. The molecule has 0 radical (unpaired) electrons. The molecule has 0 saturated carbocycles. The minimum absolute atomic E-state index is 0.499. The Morgan fingerprint density at radius 2 is 1.90 bits per heavy atom. The third kappa shape index (κ3) is 3.89. The van der Waals surface area contributed by atoms with Gasteiger partial charge in [-0.3, -0.25) is 0 Å². The van der Waals surface area contributed by atoms with Crippen LogP contribution in [0.1, 0.15) is 39.0 Å². The maximum absolute atomic E-state index is 11.1. The van der Waals surface area contributed by atoms with Crippen LogP contribution in [0.15, 0.2) is 24.3 Å². The van der Waals surface area contributed by atoms with E-state index in [4.69, 9.17) is 5.11 Å². The highest BCUT2D eigenvalue weighted by Gasteiger charge is 2.16. The number of nitrogens with zero attached hydrogens (tertiary/aromatic N) is 1. The highest BCUT2D eigenvalue weighted by atomic mass is 16.4. The van der Waals surface area contributed by atoms with Crippen LogP contribution in [0, 0.1) is 0 Å². The third-order valence-corrected chi connectivity index (χ3v) is 3.80.